The second-order valence-electron chi connectivity index (χ2n) is 4.46. The molecule has 1 aromatic heterocycles. The van der Waals surface area contributed by atoms with Crippen molar-refractivity contribution in [3.8, 4) is 5.75 Å². The molecule has 0 unspecified atom stereocenters. The van der Waals surface area contributed by atoms with E-state index in [9.17, 15) is 9.59 Å². The summed E-state index contributed by atoms with van der Waals surface area (Å²) in [6.07, 6.45) is 4.73. The number of hydrazone groups is 1. The van der Waals surface area contributed by atoms with Gasteiger partial charge in [-0.05, 0) is 29.8 Å². The Morgan fingerprint density at radius 3 is 2.70 bits per heavy atom. The minimum Gasteiger partial charge on any atom is -0.496 e. The number of benzene rings is 1. The minimum atomic E-state index is -0.432. The first kappa shape index (κ1) is 16.2. The van der Waals surface area contributed by atoms with Crippen LogP contribution in [-0.2, 0) is 4.79 Å². The summed E-state index contributed by atoms with van der Waals surface area (Å²) in [5, 5.41) is 6.30. The zero-order chi connectivity index (χ0) is 16.5. The van der Waals surface area contributed by atoms with Gasteiger partial charge in [0.25, 0.3) is 11.8 Å². The van der Waals surface area contributed by atoms with E-state index in [2.05, 4.69) is 20.8 Å². The van der Waals surface area contributed by atoms with Crippen LogP contribution in [0.3, 0.4) is 0 Å². The lowest BCUT2D eigenvalue weighted by Crippen LogP contribution is -2.35. The Morgan fingerprint density at radius 1 is 1.22 bits per heavy atom. The van der Waals surface area contributed by atoms with Gasteiger partial charge >= 0.3 is 0 Å². The van der Waals surface area contributed by atoms with E-state index in [1.165, 1.54) is 13.3 Å². The van der Waals surface area contributed by atoms with Crippen LogP contribution in [0.15, 0.2) is 53.9 Å². The fourth-order valence-electron chi connectivity index (χ4n) is 1.76. The van der Waals surface area contributed by atoms with Crippen molar-refractivity contribution in [3.05, 3.63) is 59.9 Å². The number of hydrogen-bond acceptors (Lipinski definition) is 5. The summed E-state index contributed by atoms with van der Waals surface area (Å²) in [6.45, 7) is -0.190. The van der Waals surface area contributed by atoms with Crippen molar-refractivity contribution in [3.63, 3.8) is 0 Å². The highest BCUT2D eigenvalue weighted by atomic mass is 16.5. The number of para-hydroxylation sites is 1. The van der Waals surface area contributed by atoms with E-state index in [0.717, 1.165) is 5.56 Å². The third kappa shape index (κ3) is 4.92. The Hall–Kier alpha value is -3.22. The molecule has 2 rings (SSSR count). The molecule has 0 bridgehead atoms. The summed E-state index contributed by atoms with van der Waals surface area (Å²) in [5.74, 6) is -0.379. The summed E-state index contributed by atoms with van der Waals surface area (Å²) in [4.78, 5) is 27.5. The van der Waals surface area contributed by atoms with Crippen LogP contribution in [0.4, 0.5) is 0 Å². The maximum atomic E-state index is 12.0. The highest BCUT2D eigenvalue weighted by molar-refractivity contribution is 5.98. The molecule has 7 nitrogen and oxygen atoms in total. The van der Waals surface area contributed by atoms with Gasteiger partial charge in [-0.15, -0.1) is 0 Å². The molecule has 0 fully saturated rings. The van der Waals surface area contributed by atoms with E-state index in [1.54, 1.807) is 48.8 Å². The molecule has 0 aliphatic carbocycles. The first-order valence-electron chi connectivity index (χ1n) is 6.84. The molecule has 7 heteroatoms. The van der Waals surface area contributed by atoms with Gasteiger partial charge in [-0.2, -0.15) is 5.10 Å². The molecule has 2 N–H and O–H groups in total. The average molecular weight is 312 g/mol. The van der Waals surface area contributed by atoms with Gasteiger partial charge in [0.2, 0.25) is 0 Å². The topological polar surface area (TPSA) is 92.7 Å². The maximum absolute atomic E-state index is 12.0. The number of nitrogens with zero attached hydrogens (tertiary/aromatic N) is 2. The van der Waals surface area contributed by atoms with Crippen molar-refractivity contribution in [2.45, 2.75) is 0 Å². The molecule has 2 amide bonds. The zero-order valence-corrected chi connectivity index (χ0v) is 12.5. The first-order chi connectivity index (χ1) is 11.2. The predicted molar refractivity (Wildman–Crippen MR) is 85.3 cm³/mol. The van der Waals surface area contributed by atoms with Crippen molar-refractivity contribution >= 4 is 18.0 Å². The normalized spacial score (nSPS) is 10.3. The Balaban J connectivity index is 1.82. The van der Waals surface area contributed by atoms with Crippen molar-refractivity contribution in [2.75, 3.05) is 13.7 Å². The predicted octanol–water partition coefficient (Wildman–Crippen LogP) is 0.970. The van der Waals surface area contributed by atoms with Crippen LogP contribution in [-0.4, -0.2) is 36.7 Å². The quantitative estimate of drug-likeness (QED) is 0.614. The second kappa shape index (κ2) is 8.28. The lowest BCUT2D eigenvalue weighted by molar-refractivity contribution is -0.120. The van der Waals surface area contributed by atoms with Gasteiger partial charge in [0.1, 0.15) is 5.75 Å². The number of methoxy groups -OCH3 is 1. The number of rotatable bonds is 6. The van der Waals surface area contributed by atoms with Crippen molar-refractivity contribution in [1.29, 1.82) is 0 Å². The second-order valence-corrected chi connectivity index (χ2v) is 4.46. The largest absolute Gasteiger partial charge is 0.496 e. The van der Waals surface area contributed by atoms with E-state index < -0.39 is 11.8 Å². The standard InChI is InChI=1S/C16H16N4O3/c1-23-14-5-3-2-4-13(14)16(22)18-11-15(21)20-19-10-12-6-8-17-9-7-12/h2-10H,11H2,1H3,(H,18,22)(H,20,21)/b19-10+. The summed E-state index contributed by atoms with van der Waals surface area (Å²) in [5.41, 5.74) is 3.50. The van der Waals surface area contributed by atoms with Crippen LogP contribution >= 0.6 is 0 Å². The van der Waals surface area contributed by atoms with Gasteiger partial charge in [0.05, 0.1) is 25.4 Å². The molecule has 0 aliphatic heterocycles. The number of carbonyl (C=O) groups excluding carboxylic acids is 2. The Kier molecular flexibility index (Phi) is 5.81. The van der Waals surface area contributed by atoms with Gasteiger partial charge in [-0.25, -0.2) is 5.43 Å². The Bertz CT molecular complexity index is 701. The van der Waals surface area contributed by atoms with Crippen LogP contribution in [0, 0.1) is 0 Å². The molecule has 0 atom stereocenters. The van der Waals surface area contributed by atoms with Gasteiger partial charge in [0.15, 0.2) is 0 Å². The van der Waals surface area contributed by atoms with E-state index >= 15 is 0 Å². The molecule has 0 aliphatic rings. The molecule has 23 heavy (non-hydrogen) atoms. The smallest absolute Gasteiger partial charge is 0.259 e. The van der Waals surface area contributed by atoms with Gasteiger partial charge < -0.3 is 10.1 Å². The van der Waals surface area contributed by atoms with Crippen molar-refractivity contribution < 1.29 is 14.3 Å². The van der Waals surface area contributed by atoms with Gasteiger partial charge in [-0.1, -0.05) is 12.1 Å². The molecule has 118 valence electrons. The van der Waals surface area contributed by atoms with E-state index in [4.69, 9.17) is 4.74 Å². The minimum absolute atomic E-state index is 0.190. The highest BCUT2D eigenvalue weighted by Crippen LogP contribution is 2.16. The number of pyridine rings is 1. The Labute approximate surface area is 133 Å². The average Bonchev–Trinajstić information content (AvgIpc) is 2.60. The lowest BCUT2D eigenvalue weighted by Gasteiger charge is -2.08. The maximum Gasteiger partial charge on any atom is 0.259 e. The summed E-state index contributed by atoms with van der Waals surface area (Å²) < 4.78 is 5.10. The summed E-state index contributed by atoms with van der Waals surface area (Å²) >= 11 is 0. The molecular weight excluding hydrogens is 296 g/mol. The van der Waals surface area contributed by atoms with E-state index in [-0.39, 0.29) is 6.54 Å². The number of hydrogen-bond donors (Lipinski definition) is 2. The fourth-order valence-corrected chi connectivity index (χ4v) is 1.76. The molecule has 1 aromatic carbocycles. The molecule has 2 aromatic rings. The number of aromatic nitrogens is 1. The number of ether oxygens (including phenoxy) is 1. The molecule has 0 saturated heterocycles. The van der Waals surface area contributed by atoms with Crippen LogP contribution in [0.2, 0.25) is 0 Å². The molecule has 0 spiro atoms. The molecule has 1 heterocycles. The third-order valence-corrected chi connectivity index (χ3v) is 2.87. The van der Waals surface area contributed by atoms with Gasteiger partial charge in [0, 0.05) is 12.4 Å². The summed E-state index contributed by atoms with van der Waals surface area (Å²) in [7, 11) is 1.48. The van der Waals surface area contributed by atoms with Crippen LogP contribution in [0.1, 0.15) is 15.9 Å². The Morgan fingerprint density at radius 2 is 1.96 bits per heavy atom. The zero-order valence-electron chi connectivity index (χ0n) is 12.5. The molecular formula is C16H16N4O3. The van der Waals surface area contributed by atoms with Gasteiger partial charge in [-0.3, -0.25) is 14.6 Å². The highest BCUT2D eigenvalue weighted by Gasteiger charge is 2.12. The van der Waals surface area contributed by atoms with Crippen LogP contribution < -0.4 is 15.5 Å². The molecule has 0 saturated carbocycles. The first-order valence-corrected chi connectivity index (χ1v) is 6.84. The fraction of sp³-hybridized carbons (Fsp3) is 0.125. The SMILES string of the molecule is COc1ccccc1C(=O)NCC(=O)N/N=C/c1ccncc1. The number of nitrogens with one attached hydrogen (secondary N) is 2. The summed E-state index contributed by atoms with van der Waals surface area (Å²) in [6, 6.07) is 10.3. The van der Waals surface area contributed by atoms with Crippen LogP contribution in [0.25, 0.3) is 0 Å². The third-order valence-electron chi connectivity index (χ3n) is 2.87. The van der Waals surface area contributed by atoms with Crippen molar-refractivity contribution in [1.82, 2.24) is 15.7 Å². The molecule has 0 radical (unpaired) electrons. The van der Waals surface area contributed by atoms with Crippen molar-refractivity contribution in [2.24, 2.45) is 5.10 Å². The van der Waals surface area contributed by atoms with E-state index in [0.29, 0.717) is 11.3 Å². The van der Waals surface area contributed by atoms with E-state index in [1.807, 2.05) is 0 Å². The number of carbonyl (C=O) groups is 2. The monoisotopic (exact) mass is 312 g/mol. The van der Waals surface area contributed by atoms with Crippen LogP contribution in [0.5, 0.6) is 5.75 Å². The number of amides is 2. The lowest BCUT2D eigenvalue weighted by atomic mass is 10.2.